The largest absolute Gasteiger partial charge is 0.478 e. The third-order valence-corrected chi connectivity index (χ3v) is 4.66. The molecule has 1 aromatic heterocycles. The molecular formula is C12H16N2O5S2. The highest BCUT2D eigenvalue weighted by molar-refractivity contribution is 7.89. The lowest BCUT2D eigenvalue weighted by atomic mass is 10.3. The summed E-state index contributed by atoms with van der Waals surface area (Å²) in [6, 6.07) is 1.54. The summed E-state index contributed by atoms with van der Waals surface area (Å²) in [6.07, 6.45) is 2.37. The van der Waals surface area contributed by atoms with Gasteiger partial charge in [0.25, 0.3) is 5.91 Å². The lowest BCUT2D eigenvalue weighted by molar-refractivity contribution is -0.131. The second-order valence-electron chi connectivity index (χ2n) is 3.98. The van der Waals surface area contributed by atoms with E-state index in [9.17, 15) is 18.0 Å². The fourth-order valence-corrected chi connectivity index (χ4v) is 3.14. The monoisotopic (exact) mass is 332 g/mol. The normalized spacial score (nSPS) is 11.7. The summed E-state index contributed by atoms with van der Waals surface area (Å²) in [5.74, 6) is -1.65. The van der Waals surface area contributed by atoms with Gasteiger partial charge in [0, 0.05) is 29.4 Å². The van der Waals surface area contributed by atoms with Crippen LogP contribution in [0.3, 0.4) is 0 Å². The van der Waals surface area contributed by atoms with Gasteiger partial charge in [0.2, 0.25) is 10.0 Å². The highest BCUT2D eigenvalue weighted by atomic mass is 32.2. The van der Waals surface area contributed by atoms with Crippen LogP contribution in [0.2, 0.25) is 0 Å². The Labute approximate surface area is 126 Å². The predicted molar refractivity (Wildman–Crippen MR) is 80.8 cm³/mol. The number of carboxylic acid groups (broad SMARTS) is 1. The Kier molecular flexibility index (Phi) is 6.53. The summed E-state index contributed by atoms with van der Waals surface area (Å²) in [7, 11) is -3.36. The van der Waals surface area contributed by atoms with Crippen LogP contribution < -0.4 is 10.0 Å². The number of aliphatic carboxylic acids is 1. The maximum atomic E-state index is 11.8. The Morgan fingerprint density at radius 2 is 2.14 bits per heavy atom. The van der Waals surface area contributed by atoms with Crippen LogP contribution in [-0.2, 0) is 14.8 Å². The Morgan fingerprint density at radius 1 is 1.43 bits per heavy atom. The summed E-state index contributed by atoms with van der Waals surface area (Å²) in [5.41, 5.74) is 0.367. The highest BCUT2D eigenvalue weighted by Gasteiger charge is 2.11. The van der Waals surface area contributed by atoms with Gasteiger partial charge >= 0.3 is 5.97 Å². The number of sulfonamides is 1. The molecule has 0 bridgehead atoms. The molecule has 1 heterocycles. The van der Waals surface area contributed by atoms with Crippen molar-refractivity contribution in [2.75, 3.05) is 18.8 Å². The third kappa shape index (κ3) is 6.52. The minimum absolute atomic E-state index is 0.00428. The zero-order chi connectivity index (χ0) is 15.9. The van der Waals surface area contributed by atoms with E-state index in [1.54, 1.807) is 12.3 Å². The SMILES string of the molecule is CCNS(=O)(=O)CCNC(=O)c1csc(/C=C/C(=O)O)c1. The quantitative estimate of drug-likeness (QED) is 0.601. The van der Waals surface area contributed by atoms with Crippen LogP contribution in [0.15, 0.2) is 17.5 Å². The fraction of sp³-hybridized carbons (Fsp3) is 0.333. The number of hydrogen-bond acceptors (Lipinski definition) is 5. The molecule has 0 aromatic carbocycles. The molecule has 0 spiro atoms. The zero-order valence-corrected chi connectivity index (χ0v) is 13.0. The molecule has 0 aliphatic carbocycles. The van der Waals surface area contributed by atoms with Crippen LogP contribution in [0.5, 0.6) is 0 Å². The lowest BCUT2D eigenvalue weighted by Gasteiger charge is -2.05. The molecular weight excluding hydrogens is 316 g/mol. The van der Waals surface area contributed by atoms with Crippen molar-refractivity contribution in [3.05, 3.63) is 28.0 Å². The molecule has 9 heteroatoms. The van der Waals surface area contributed by atoms with Gasteiger partial charge < -0.3 is 10.4 Å². The summed E-state index contributed by atoms with van der Waals surface area (Å²) in [5, 5.41) is 12.6. The van der Waals surface area contributed by atoms with Gasteiger partial charge in [-0.25, -0.2) is 17.9 Å². The van der Waals surface area contributed by atoms with Gasteiger partial charge in [-0.2, -0.15) is 0 Å². The second-order valence-corrected chi connectivity index (χ2v) is 6.85. The van der Waals surface area contributed by atoms with Gasteiger partial charge in [-0.3, -0.25) is 4.79 Å². The number of carbonyl (C=O) groups excluding carboxylic acids is 1. The van der Waals surface area contributed by atoms with Crippen molar-refractivity contribution in [1.29, 1.82) is 0 Å². The Hall–Kier alpha value is -1.71. The van der Waals surface area contributed by atoms with Crippen molar-refractivity contribution in [3.8, 4) is 0 Å². The fourth-order valence-electron chi connectivity index (χ4n) is 1.41. The first kappa shape index (κ1) is 17.3. The number of carboxylic acids is 1. The van der Waals surface area contributed by atoms with E-state index in [1.165, 1.54) is 23.5 Å². The predicted octanol–water partition coefficient (Wildman–Crippen LogP) is 0.515. The number of hydrogen-bond donors (Lipinski definition) is 3. The molecule has 3 N–H and O–H groups in total. The van der Waals surface area contributed by atoms with Crippen LogP contribution in [0.25, 0.3) is 6.08 Å². The van der Waals surface area contributed by atoms with Gasteiger partial charge in [0.15, 0.2) is 0 Å². The molecule has 0 atom stereocenters. The minimum atomic E-state index is -3.36. The summed E-state index contributed by atoms with van der Waals surface area (Å²) < 4.78 is 25.1. The van der Waals surface area contributed by atoms with Crippen LogP contribution in [-0.4, -0.2) is 44.2 Å². The molecule has 0 aliphatic heterocycles. The van der Waals surface area contributed by atoms with Crippen molar-refractivity contribution >= 4 is 39.3 Å². The van der Waals surface area contributed by atoms with E-state index < -0.39 is 21.9 Å². The standard InChI is InChI=1S/C12H16N2O5S2/c1-2-14-21(18,19)6-5-13-12(17)9-7-10(20-8-9)3-4-11(15)16/h3-4,7-8,14H,2,5-6H2,1H3,(H,13,17)(H,15,16)/b4-3+. The van der Waals surface area contributed by atoms with E-state index in [0.717, 1.165) is 6.08 Å². The first-order valence-corrected chi connectivity index (χ1v) is 8.62. The molecule has 0 unspecified atom stereocenters. The van der Waals surface area contributed by atoms with E-state index in [-0.39, 0.29) is 12.3 Å². The molecule has 0 aliphatic rings. The molecule has 116 valence electrons. The molecule has 1 amide bonds. The average Bonchev–Trinajstić information content (AvgIpc) is 2.84. The maximum Gasteiger partial charge on any atom is 0.328 e. The van der Waals surface area contributed by atoms with Crippen LogP contribution in [0.1, 0.15) is 22.2 Å². The van der Waals surface area contributed by atoms with E-state index >= 15 is 0 Å². The van der Waals surface area contributed by atoms with Crippen LogP contribution in [0.4, 0.5) is 0 Å². The van der Waals surface area contributed by atoms with E-state index in [0.29, 0.717) is 17.0 Å². The molecule has 0 radical (unpaired) electrons. The zero-order valence-electron chi connectivity index (χ0n) is 11.3. The minimum Gasteiger partial charge on any atom is -0.478 e. The molecule has 1 aromatic rings. The first-order valence-electron chi connectivity index (χ1n) is 6.09. The lowest BCUT2D eigenvalue weighted by Crippen LogP contribution is -2.34. The van der Waals surface area contributed by atoms with Crippen molar-refractivity contribution in [3.63, 3.8) is 0 Å². The summed E-state index contributed by atoms with van der Waals surface area (Å²) in [6.45, 7) is 1.98. The van der Waals surface area contributed by atoms with Crippen molar-refractivity contribution in [1.82, 2.24) is 10.0 Å². The van der Waals surface area contributed by atoms with Crippen LogP contribution in [0, 0.1) is 0 Å². The van der Waals surface area contributed by atoms with Crippen molar-refractivity contribution < 1.29 is 23.1 Å². The maximum absolute atomic E-state index is 11.8. The second kappa shape index (κ2) is 7.91. The molecule has 0 saturated carbocycles. The topological polar surface area (TPSA) is 113 Å². The summed E-state index contributed by atoms with van der Waals surface area (Å²) in [4.78, 5) is 22.8. The van der Waals surface area contributed by atoms with E-state index in [1.807, 2.05) is 0 Å². The number of thiophene rings is 1. The Bertz CT molecular complexity index is 634. The van der Waals surface area contributed by atoms with Gasteiger partial charge in [0.05, 0.1) is 11.3 Å². The number of rotatable bonds is 8. The van der Waals surface area contributed by atoms with Gasteiger partial charge in [-0.1, -0.05) is 6.92 Å². The molecule has 0 fully saturated rings. The van der Waals surface area contributed by atoms with Gasteiger partial charge in [-0.15, -0.1) is 11.3 Å². The molecule has 1 rings (SSSR count). The Balaban J connectivity index is 2.51. The number of nitrogens with one attached hydrogen (secondary N) is 2. The third-order valence-electron chi connectivity index (χ3n) is 2.29. The van der Waals surface area contributed by atoms with Crippen LogP contribution >= 0.6 is 11.3 Å². The molecule has 0 saturated heterocycles. The summed E-state index contributed by atoms with van der Waals surface area (Å²) >= 11 is 1.23. The Morgan fingerprint density at radius 3 is 2.76 bits per heavy atom. The molecule has 7 nitrogen and oxygen atoms in total. The molecule has 21 heavy (non-hydrogen) atoms. The van der Waals surface area contributed by atoms with E-state index in [4.69, 9.17) is 5.11 Å². The number of amides is 1. The van der Waals surface area contributed by atoms with E-state index in [2.05, 4.69) is 10.0 Å². The number of carbonyl (C=O) groups is 2. The average molecular weight is 332 g/mol. The smallest absolute Gasteiger partial charge is 0.328 e. The van der Waals surface area contributed by atoms with Gasteiger partial charge in [0.1, 0.15) is 0 Å². The highest BCUT2D eigenvalue weighted by Crippen LogP contribution is 2.16. The van der Waals surface area contributed by atoms with Crippen molar-refractivity contribution in [2.45, 2.75) is 6.92 Å². The first-order chi connectivity index (χ1) is 9.84. The van der Waals surface area contributed by atoms with Gasteiger partial charge in [-0.05, 0) is 12.1 Å². The van der Waals surface area contributed by atoms with Crippen molar-refractivity contribution in [2.24, 2.45) is 0 Å².